The molecule has 4 N–H and O–H groups in total. The molecule has 4 saturated carbocycles. The lowest BCUT2D eigenvalue weighted by atomic mass is 9.44. The summed E-state index contributed by atoms with van der Waals surface area (Å²) < 4.78 is 39.0. The van der Waals surface area contributed by atoms with Gasteiger partial charge in [0.1, 0.15) is 6.10 Å². The number of esters is 5. The van der Waals surface area contributed by atoms with Gasteiger partial charge in [0.05, 0.1) is 25.5 Å². The van der Waals surface area contributed by atoms with E-state index in [-0.39, 0.29) is 47.8 Å². The van der Waals surface area contributed by atoms with Crippen molar-refractivity contribution in [3.05, 3.63) is 0 Å². The summed E-state index contributed by atoms with van der Waals surface area (Å²) in [5, 5.41) is 16.4. The van der Waals surface area contributed by atoms with Crippen LogP contribution >= 0.6 is 0 Å². The number of nitrogens with zero attached hydrogens (tertiary/aromatic N) is 1. The first kappa shape index (κ1) is 41.3. The van der Waals surface area contributed by atoms with Crippen molar-refractivity contribution in [3.8, 4) is 0 Å². The number of rotatable bonds is 10. The highest BCUT2D eigenvalue weighted by Gasteiger charge is 2.64. The minimum Gasteiger partial charge on any atom is -0.467 e. The van der Waals surface area contributed by atoms with Gasteiger partial charge in [0.2, 0.25) is 0 Å². The lowest BCUT2D eigenvalue weighted by Crippen LogP contribution is -2.64. The molecule has 1 heterocycles. The Labute approximate surface area is 314 Å². The standard InChI is InChI=1S/C37H55N3O14/c1-17(41)50-22-12-13-36(5)21(14-22)8-9-23-24-10-11-25(37(24,6)15-27(45)28(23)36)26(39-40-35(38)47)16-49-34-32(53-20(4)44)30(52-19(3)43)29(51-18(2)42)31(54-34)33(46)48-7/h21-25,27-32,34,45H,8-16H2,1-7H3,(H3,38,40,47)/b39-26+/t21-,22-,23+,24-,25+,27+,28+,29-,30-,31-,32+,34+,36+,37-/m1/s1. The minimum atomic E-state index is -1.65. The van der Waals surface area contributed by atoms with Crippen molar-refractivity contribution < 1.29 is 67.0 Å². The summed E-state index contributed by atoms with van der Waals surface area (Å²) in [5.74, 6) is -3.21. The molecule has 17 heteroatoms. The quantitative estimate of drug-likeness (QED) is 0.125. The van der Waals surface area contributed by atoms with Crippen molar-refractivity contribution in [3.63, 3.8) is 0 Å². The number of methoxy groups -OCH3 is 1. The molecule has 302 valence electrons. The third-order valence-electron chi connectivity index (χ3n) is 12.8. The van der Waals surface area contributed by atoms with E-state index in [1.54, 1.807) is 0 Å². The molecule has 0 bridgehead atoms. The van der Waals surface area contributed by atoms with Gasteiger partial charge in [0.25, 0.3) is 0 Å². The molecular formula is C37H55N3O14. The number of primary amides is 1. The van der Waals surface area contributed by atoms with Crippen molar-refractivity contribution in [2.75, 3.05) is 13.7 Å². The van der Waals surface area contributed by atoms with E-state index in [9.17, 15) is 33.9 Å². The second-order valence-corrected chi connectivity index (χ2v) is 16.0. The number of hydrazone groups is 1. The number of ether oxygens (including phenoxy) is 7. The van der Waals surface area contributed by atoms with Gasteiger partial charge in [0.15, 0.2) is 30.7 Å². The molecule has 0 spiro atoms. The zero-order valence-electron chi connectivity index (χ0n) is 32.1. The van der Waals surface area contributed by atoms with Gasteiger partial charge in [-0.05, 0) is 85.9 Å². The number of hydrogen-bond donors (Lipinski definition) is 3. The molecule has 2 amide bonds. The van der Waals surface area contributed by atoms with Crippen molar-refractivity contribution >= 4 is 41.6 Å². The van der Waals surface area contributed by atoms with Crippen LogP contribution in [0.4, 0.5) is 4.79 Å². The van der Waals surface area contributed by atoms with Gasteiger partial charge in [-0.15, -0.1) is 0 Å². The number of aliphatic hydroxyl groups excluding tert-OH is 1. The Hall–Kier alpha value is -3.83. The van der Waals surface area contributed by atoms with Crippen LogP contribution in [0.25, 0.3) is 0 Å². The summed E-state index contributed by atoms with van der Waals surface area (Å²) in [6.07, 6.45) is -2.34. The SMILES string of the molecule is COC(=O)[C@@H]1O[C@H](OC/C(=N\NC(N)=O)[C@@H]2CC[C@@H]3[C@@H]4CC[C@@H]5C[C@H](OC(C)=O)CC[C@]5(C)[C@@H]4[C@@H](O)C[C@]32C)[C@@H](OC(C)=O)[C@H](OC(C)=O)[C@H]1OC(C)=O. The van der Waals surface area contributed by atoms with Crippen LogP contribution in [0.15, 0.2) is 5.10 Å². The van der Waals surface area contributed by atoms with Crippen molar-refractivity contribution in [2.24, 2.45) is 51.3 Å². The summed E-state index contributed by atoms with van der Waals surface area (Å²) in [7, 11) is 1.09. The van der Waals surface area contributed by atoms with E-state index < -0.39 is 72.1 Å². The van der Waals surface area contributed by atoms with Crippen LogP contribution in [-0.4, -0.2) is 103 Å². The maximum Gasteiger partial charge on any atom is 0.339 e. The molecule has 0 aromatic rings. The van der Waals surface area contributed by atoms with E-state index in [0.717, 1.165) is 66.4 Å². The number of fused-ring (bicyclic) bond motifs is 5. The number of carbonyl (C=O) groups excluding carboxylic acids is 6. The monoisotopic (exact) mass is 765 g/mol. The van der Waals surface area contributed by atoms with Crippen LogP contribution in [0, 0.1) is 40.4 Å². The third-order valence-corrected chi connectivity index (χ3v) is 12.8. The van der Waals surface area contributed by atoms with E-state index >= 15 is 0 Å². The smallest absolute Gasteiger partial charge is 0.339 e. The first-order chi connectivity index (χ1) is 25.4. The number of hydrogen-bond acceptors (Lipinski definition) is 15. The predicted octanol–water partition coefficient (Wildman–Crippen LogP) is 2.28. The van der Waals surface area contributed by atoms with E-state index in [2.05, 4.69) is 24.4 Å². The summed E-state index contributed by atoms with van der Waals surface area (Å²) in [6.45, 7) is 8.82. The van der Waals surface area contributed by atoms with E-state index in [1.807, 2.05) is 0 Å². The topological polar surface area (TPSA) is 238 Å². The Kier molecular flexibility index (Phi) is 12.6. The summed E-state index contributed by atoms with van der Waals surface area (Å²) in [6, 6.07) is -0.914. The number of nitrogens with one attached hydrogen (secondary N) is 1. The molecule has 1 aliphatic heterocycles. The van der Waals surface area contributed by atoms with Crippen LogP contribution in [0.3, 0.4) is 0 Å². The Bertz CT molecular complexity index is 1510. The number of nitrogens with two attached hydrogens (primary N) is 1. The highest BCUT2D eigenvalue weighted by molar-refractivity contribution is 5.90. The maximum atomic E-state index is 12.9. The summed E-state index contributed by atoms with van der Waals surface area (Å²) in [5.41, 5.74) is 7.54. The average molecular weight is 766 g/mol. The van der Waals surface area contributed by atoms with Gasteiger partial charge < -0.3 is 44.0 Å². The van der Waals surface area contributed by atoms with Crippen molar-refractivity contribution in [1.29, 1.82) is 0 Å². The lowest BCUT2D eigenvalue weighted by molar-refractivity contribution is -0.298. The van der Waals surface area contributed by atoms with Crippen molar-refractivity contribution in [1.82, 2.24) is 5.43 Å². The molecule has 5 aliphatic rings. The molecule has 4 aliphatic carbocycles. The number of urea groups is 1. The zero-order valence-corrected chi connectivity index (χ0v) is 32.1. The van der Waals surface area contributed by atoms with E-state index in [1.165, 1.54) is 6.92 Å². The van der Waals surface area contributed by atoms with Crippen molar-refractivity contribution in [2.45, 2.75) is 136 Å². The van der Waals surface area contributed by atoms with Gasteiger partial charge in [-0.1, -0.05) is 13.8 Å². The summed E-state index contributed by atoms with van der Waals surface area (Å²) in [4.78, 5) is 73.3. The second kappa shape index (κ2) is 16.5. The highest BCUT2D eigenvalue weighted by atomic mass is 16.7. The van der Waals surface area contributed by atoms with Gasteiger partial charge in [-0.2, -0.15) is 5.10 Å². The number of aliphatic hydroxyl groups is 1. The molecule has 1 saturated heterocycles. The molecule has 5 rings (SSSR count). The fourth-order valence-electron chi connectivity index (χ4n) is 11.0. The Morgan fingerprint density at radius 3 is 2.07 bits per heavy atom. The lowest BCUT2D eigenvalue weighted by Gasteiger charge is -2.62. The fourth-order valence-corrected chi connectivity index (χ4v) is 11.0. The fraction of sp³-hybridized carbons (Fsp3) is 0.811. The van der Waals surface area contributed by atoms with Crippen LogP contribution in [0.1, 0.15) is 92.9 Å². The molecule has 14 atom stereocenters. The van der Waals surface area contributed by atoms with Crippen LogP contribution in [-0.2, 0) is 57.1 Å². The maximum absolute atomic E-state index is 12.9. The highest BCUT2D eigenvalue weighted by Crippen LogP contribution is 2.67. The molecular weight excluding hydrogens is 710 g/mol. The van der Waals surface area contributed by atoms with E-state index in [4.69, 9.17) is 38.9 Å². The number of amides is 2. The molecule has 0 unspecified atom stereocenters. The normalized spacial score (nSPS) is 40.1. The first-order valence-corrected chi connectivity index (χ1v) is 18.7. The predicted molar refractivity (Wildman–Crippen MR) is 186 cm³/mol. The van der Waals surface area contributed by atoms with Gasteiger partial charge >= 0.3 is 35.9 Å². The van der Waals surface area contributed by atoms with Crippen LogP contribution in [0.2, 0.25) is 0 Å². The van der Waals surface area contributed by atoms with Gasteiger partial charge in [0, 0.05) is 33.6 Å². The average Bonchev–Trinajstić information content (AvgIpc) is 3.41. The molecule has 5 fully saturated rings. The van der Waals surface area contributed by atoms with Gasteiger partial charge in [-0.3, -0.25) is 19.2 Å². The molecule has 0 radical (unpaired) electrons. The molecule has 0 aromatic heterocycles. The Balaban J connectivity index is 1.42. The molecule has 54 heavy (non-hydrogen) atoms. The number of carbonyl (C=O) groups is 6. The first-order valence-electron chi connectivity index (χ1n) is 18.7. The minimum absolute atomic E-state index is 0.0606. The van der Waals surface area contributed by atoms with Crippen LogP contribution < -0.4 is 11.2 Å². The third kappa shape index (κ3) is 8.37. The van der Waals surface area contributed by atoms with E-state index in [0.29, 0.717) is 24.5 Å². The summed E-state index contributed by atoms with van der Waals surface area (Å²) >= 11 is 0. The van der Waals surface area contributed by atoms with Gasteiger partial charge in [-0.25, -0.2) is 15.0 Å². The Morgan fingerprint density at radius 1 is 0.833 bits per heavy atom. The molecule has 0 aromatic carbocycles. The molecule has 17 nitrogen and oxygen atoms in total. The second-order valence-electron chi connectivity index (χ2n) is 16.0. The zero-order chi connectivity index (χ0) is 39.7. The largest absolute Gasteiger partial charge is 0.467 e. The Morgan fingerprint density at radius 2 is 1.46 bits per heavy atom. The van der Waals surface area contributed by atoms with Crippen LogP contribution in [0.5, 0.6) is 0 Å².